The second kappa shape index (κ2) is 5.21. The van der Waals surface area contributed by atoms with E-state index in [4.69, 9.17) is 9.47 Å². The van der Waals surface area contributed by atoms with Gasteiger partial charge < -0.3 is 14.6 Å². The van der Waals surface area contributed by atoms with Crippen molar-refractivity contribution in [1.29, 1.82) is 0 Å². The highest BCUT2D eigenvalue weighted by molar-refractivity contribution is 5.11. The summed E-state index contributed by atoms with van der Waals surface area (Å²) >= 11 is 0. The van der Waals surface area contributed by atoms with E-state index in [9.17, 15) is 5.11 Å². The van der Waals surface area contributed by atoms with Crippen molar-refractivity contribution >= 4 is 0 Å². The standard InChI is InChI=1S/C11H15NO3/c13-10(11-8-14-5-6-15-11)7-9-1-3-12-4-2-9/h1-4,10-11,13H,5-8H2. The summed E-state index contributed by atoms with van der Waals surface area (Å²) in [6.45, 7) is 1.67. The molecule has 4 nitrogen and oxygen atoms in total. The maximum atomic E-state index is 9.90. The molecule has 1 fully saturated rings. The molecule has 1 aliphatic heterocycles. The van der Waals surface area contributed by atoms with Crippen molar-refractivity contribution in [1.82, 2.24) is 4.98 Å². The summed E-state index contributed by atoms with van der Waals surface area (Å²) in [5, 5.41) is 9.90. The zero-order valence-electron chi connectivity index (χ0n) is 8.50. The van der Waals surface area contributed by atoms with Crippen LogP contribution in [0.25, 0.3) is 0 Å². The molecule has 1 N–H and O–H groups in total. The summed E-state index contributed by atoms with van der Waals surface area (Å²) in [4.78, 5) is 3.93. The Kier molecular flexibility index (Phi) is 3.66. The average Bonchev–Trinajstić information content (AvgIpc) is 2.31. The Morgan fingerprint density at radius 3 is 2.87 bits per heavy atom. The molecule has 0 amide bonds. The van der Waals surface area contributed by atoms with Crippen LogP contribution in [0, 0.1) is 0 Å². The highest BCUT2D eigenvalue weighted by Gasteiger charge is 2.23. The summed E-state index contributed by atoms with van der Waals surface area (Å²) < 4.78 is 10.7. The van der Waals surface area contributed by atoms with Gasteiger partial charge in [0, 0.05) is 18.8 Å². The number of rotatable bonds is 3. The predicted octanol–water partition coefficient (Wildman–Crippen LogP) is 0.400. The van der Waals surface area contributed by atoms with Gasteiger partial charge in [-0.15, -0.1) is 0 Å². The van der Waals surface area contributed by atoms with Gasteiger partial charge in [0.05, 0.1) is 25.9 Å². The number of nitrogens with zero attached hydrogens (tertiary/aromatic N) is 1. The Hall–Kier alpha value is -0.970. The minimum atomic E-state index is -0.507. The number of hydrogen-bond acceptors (Lipinski definition) is 4. The van der Waals surface area contributed by atoms with E-state index in [0.717, 1.165) is 5.56 Å². The Morgan fingerprint density at radius 1 is 1.40 bits per heavy atom. The first-order valence-corrected chi connectivity index (χ1v) is 5.12. The number of aromatic nitrogens is 1. The van der Waals surface area contributed by atoms with Gasteiger partial charge in [0.2, 0.25) is 0 Å². The molecule has 1 saturated heterocycles. The molecule has 0 radical (unpaired) electrons. The smallest absolute Gasteiger partial charge is 0.107 e. The molecule has 2 atom stereocenters. The fraction of sp³-hybridized carbons (Fsp3) is 0.545. The summed E-state index contributed by atoms with van der Waals surface area (Å²) in [5.41, 5.74) is 1.06. The molecule has 0 aliphatic carbocycles. The van der Waals surface area contributed by atoms with Crippen LogP contribution in [-0.4, -0.2) is 42.1 Å². The number of aliphatic hydroxyl groups excluding tert-OH is 1. The number of aliphatic hydroxyl groups is 1. The molecule has 15 heavy (non-hydrogen) atoms. The van der Waals surface area contributed by atoms with Crippen molar-refractivity contribution in [2.45, 2.75) is 18.6 Å². The predicted molar refractivity (Wildman–Crippen MR) is 54.5 cm³/mol. The molecular formula is C11H15NO3. The van der Waals surface area contributed by atoms with Crippen LogP contribution in [0.2, 0.25) is 0 Å². The third-order valence-corrected chi connectivity index (χ3v) is 2.47. The fourth-order valence-electron chi connectivity index (χ4n) is 1.62. The van der Waals surface area contributed by atoms with E-state index in [1.54, 1.807) is 12.4 Å². The molecule has 0 spiro atoms. The Labute approximate surface area is 88.9 Å². The number of ether oxygens (including phenoxy) is 2. The Bertz CT molecular complexity index is 285. The van der Waals surface area contributed by atoms with E-state index >= 15 is 0 Å². The SMILES string of the molecule is OC(Cc1ccncc1)C1COCCO1. The van der Waals surface area contributed by atoms with E-state index in [-0.39, 0.29) is 6.10 Å². The van der Waals surface area contributed by atoms with E-state index in [2.05, 4.69) is 4.98 Å². The molecule has 82 valence electrons. The van der Waals surface area contributed by atoms with Crippen LogP contribution in [0.4, 0.5) is 0 Å². The summed E-state index contributed by atoms with van der Waals surface area (Å²) in [6, 6.07) is 3.79. The van der Waals surface area contributed by atoms with Gasteiger partial charge in [-0.2, -0.15) is 0 Å². The van der Waals surface area contributed by atoms with Gasteiger partial charge in [0.25, 0.3) is 0 Å². The fourth-order valence-corrected chi connectivity index (χ4v) is 1.62. The molecule has 1 aromatic heterocycles. The first-order valence-electron chi connectivity index (χ1n) is 5.12. The van der Waals surface area contributed by atoms with E-state index in [0.29, 0.717) is 26.2 Å². The van der Waals surface area contributed by atoms with E-state index in [1.165, 1.54) is 0 Å². The minimum Gasteiger partial charge on any atom is -0.390 e. The molecule has 1 aromatic rings. The maximum absolute atomic E-state index is 9.90. The second-order valence-electron chi connectivity index (χ2n) is 3.61. The van der Waals surface area contributed by atoms with Crippen molar-refractivity contribution in [3.8, 4) is 0 Å². The second-order valence-corrected chi connectivity index (χ2v) is 3.61. The van der Waals surface area contributed by atoms with Crippen molar-refractivity contribution in [3.05, 3.63) is 30.1 Å². The number of pyridine rings is 1. The van der Waals surface area contributed by atoms with Gasteiger partial charge in [-0.1, -0.05) is 0 Å². The third kappa shape index (κ3) is 2.99. The van der Waals surface area contributed by atoms with Crippen LogP contribution < -0.4 is 0 Å². The number of hydrogen-bond donors (Lipinski definition) is 1. The average molecular weight is 209 g/mol. The third-order valence-electron chi connectivity index (χ3n) is 2.47. The zero-order valence-corrected chi connectivity index (χ0v) is 8.50. The lowest BCUT2D eigenvalue weighted by molar-refractivity contribution is -0.131. The molecular weight excluding hydrogens is 194 g/mol. The highest BCUT2D eigenvalue weighted by Crippen LogP contribution is 2.10. The molecule has 2 rings (SSSR count). The lowest BCUT2D eigenvalue weighted by Gasteiger charge is -2.27. The van der Waals surface area contributed by atoms with Crippen LogP contribution in [0.1, 0.15) is 5.56 Å². The molecule has 4 heteroatoms. The Balaban J connectivity index is 1.88. The van der Waals surface area contributed by atoms with Crippen LogP contribution in [0.5, 0.6) is 0 Å². The lowest BCUT2D eigenvalue weighted by atomic mass is 10.1. The van der Waals surface area contributed by atoms with Gasteiger partial charge >= 0.3 is 0 Å². The molecule has 0 aromatic carbocycles. The largest absolute Gasteiger partial charge is 0.390 e. The van der Waals surface area contributed by atoms with Crippen LogP contribution in [0.15, 0.2) is 24.5 Å². The zero-order chi connectivity index (χ0) is 10.5. The van der Waals surface area contributed by atoms with Gasteiger partial charge in [0.1, 0.15) is 6.10 Å². The maximum Gasteiger partial charge on any atom is 0.107 e. The highest BCUT2D eigenvalue weighted by atomic mass is 16.6. The molecule has 1 aliphatic rings. The van der Waals surface area contributed by atoms with Gasteiger partial charge in [0.15, 0.2) is 0 Å². The van der Waals surface area contributed by atoms with E-state index < -0.39 is 6.10 Å². The van der Waals surface area contributed by atoms with Gasteiger partial charge in [-0.25, -0.2) is 0 Å². The van der Waals surface area contributed by atoms with Gasteiger partial charge in [-0.05, 0) is 17.7 Å². The summed E-state index contributed by atoms with van der Waals surface area (Å²) in [6.07, 6.45) is 3.32. The lowest BCUT2D eigenvalue weighted by Crippen LogP contribution is -2.39. The molecule has 2 unspecified atom stereocenters. The van der Waals surface area contributed by atoms with Gasteiger partial charge in [-0.3, -0.25) is 4.98 Å². The Morgan fingerprint density at radius 2 is 2.20 bits per heavy atom. The summed E-state index contributed by atoms with van der Waals surface area (Å²) in [7, 11) is 0. The van der Waals surface area contributed by atoms with E-state index in [1.807, 2.05) is 12.1 Å². The molecule has 0 bridgehead atoms. The summed E-state index contributed by atoms with van der Waals surface area (Å²) in [5.74, 6) is 0. The van der Waals surface area contributed by atoms with Crippen molar-refractivity contribution < 1.29 is 14.6 Å². The quantitative estimate of drug-likeness (QED) is 0.783. The molecule has 0 saturated carbocycles. The molecule has 2 heterocycles. The van der Waals surface area contributed by atoms with Crippen molar-refractivity contribution in [3.63, 3.8) is 0 Å². The monoisotopic (exact) mass is 209 g/mol. The van der Waals surface area contributed by atoms with Crippen LogP contribution >= 0.6 is 0 Å². The normalized spacial score (nSPS) is 23.7. The first kappa shape index (κ1) is 10.5. The topological polar surface area (TPSA) is 51.6 Å². The first-order chi connectivity index (χ1) is 7.36. The van der Waals surface area contributed by atoms with Crippen LogP contribution in [-0.2, 0) is 15.9 Å². The minimum absolute atomic E-state index is 0.202. The van der Waals surface area contributed by atoms with Crippen LogP contribution in [0.3, 0.4) is 0 Å². The van der Waals surface area contributed by atoms with Crippen molar-refractivity contribution in [2.75, 3.05) is 19.8 Å². The van der Waals surface area contributed by atoms with Crippen molar-refractivity contribution in [2.24, 2.45) is 0 Å².